The van der Waals surface area contributed by atoms with Crippen LogP contribution in [0.1, 0.15) is 32.7 Å². The second-order valence-electron chi connectivity index (χ2n) is 6.45. The molecule has 1 heterocycles. The Bertz CT molecular complexity index is 891. The van der Waals surface area contributed by atoms with E-state index in [0.717, 1.165) is 5.56 Å². The standard InChI is InChI=1S/C21H20FN3O2/c22-19-8-2-1-7-18(19)21(27)25-12-4-11-24(13-14-25)20(26)17-6-3-5-16(15-17)9-10-23/h1-3,5-8,15H,4,9,11-14H2. The number of nitriles is 1. The zero-order valence-corrected chi connectivity index (χ0v) is 14.9. The van der Waals surface area contributed by atoms with Crippen molar-refractivity contribution in [1.29, 1.82) is 5.26 Å². The summed E-state index contributed by atoms with van der Waals surface area (Å²) >= 11 is 0. The van der Waals surface area contributed by atoms with Crippen LogP contribution in [0.4, 0.5) is 4.39 Å². The normalized spacial score (nSPS) is 14.4. The SMILES string of the molecule is N#CCc1cccc(C(=O)N2CCCN(C(=O)c3ccccc3F)CC2)c1. The first-order chi connectivity index (χ1) is 13.1. The molecule has 0 spiro atoms. The lowest BCUT2D eigenvalue weighted by Crippen LogP contribution is -2.37. The molecule has 0 N–H and O–H groups in total. The summed E-state index contributed by atoms with van der Waals surface area (Å²) < 4.78 is 13.9. The summed E-state index contributed by atoms with van der Waals surface area (Å²) in [6, 6.07) is 15.1. The van der Waals surface area contributed by atoms with Crippen LogP contribution in [-0.4, -0.2) is 47.8 Å². The largest absolute Gasteiger partial charge is 0.337 e. The van der Waals surface area contributed by atoms with Gasteiger partial charge in [0.15, 0.2) is 0 Å². The fourth-order valence-electron chi connectivity index (χ4n) is 3.22. The summed E-state index contributed by atoms with van der Waals surface area (Å²) in [5.74, 6) is -0.998. The molecule has 138 valence electrons. The van der Waals surface area contributed by atoms with Crippen LogP contribution in [0.25, 0.3) is 0 Å². The fraction of sp³-hybridized carbons (Fsp3) is 0.286. The van der Waals surface area contributed by atoms with Gasteiger partial charge in [-0.15, -0.1) is 0 Å². The highest BCUT2D eigenvalue weighted by molar-refractivity contribution is 5.95. The van der Waals surface area contributed by atoms with Gasteiger partial charge >= 0.3 is 0 Å². The fourth-order valence-corrected chi connectivity index (χ4v) is 3.22. The number of carbonyl (C=O) groups is 2. The van der Waals surface area contributed by atoms with E-state index >= 15 is 0 Å². The van der Waals surface area contributed by atoms with Crippen LogP contribution in [0.5, 0.6) is 0 Å². The Morgan fingerprint density at radius 1 is 0.963 bits per heavy atom. The van der Waals surface area contributed by atoms with Gasteiger partial charge in [0.1, 0.15) is 5.82 Å². The van der Waals surface area contributed by atoms with Gasteiger partial charge in [-0.1, -0.05) is 24.3 Å². The average Bonchev–Trinajstić information content (AvgIpc) is 2.94. The zero-order chi connectivity index (χ0) is 19.2. The molecular weight excluding hydrogens is 345 g/mol. The molecule has 0 radical (unpaired) electrons. The van der Waals surface area contributed by atoms with Gasteiger partial charge in [-0.2, -0.15) is 5.26 Å². The minimum atomic E-state index is -0.533. The van der Waals surface area contributed by atoms with Gasteiger partial charge in [0.2, 0.25) is 0 Å². The highest BCUT2D eigenvalue weighted by Gasteiger charge is 2.24. The average molecular weight is 365 g/mol. The van der Waals surface area contributed by atoms with E-state index in [1.54, 1.807) is 40.1 Å². The Labute approximate surface area is 157 Å². The third kappa shape index (κ3) is 4.32. The minimum Gasteiger partial charge on any atom is -0.337 e. The monoisotopic (exact) mass is 365 g/mol. The summed E-state index contributed by atoms with van der Waals surface area (Å²) in [5.41, 5.74) is 1.40. The van der Waals surface area contributed by atoms with Gasteiger partial charge in [0, 0.05) is 31.7 Å². The Morgan fingerprint density at radius 2 is 1.67 bits per heavy atom. The van der Waals surface area contributed by atoms with E-state index in [-0.39, 0.29) is 23.8 Å². The quantitative estimate of drug-likeness (QED) is 0.840. The van der Waals surface area contributed by atoms with Crippen LogP contribution >= 0.6 is 0 Å². The van der Waals surface area contributed by atoms with Crippen molar-refractivity contribution in [2.45, 2.75) is 12.8 Å². The highest BCUT2D eigenvalue weighted by Crippen LogP contribution is 2.15. The Morgan fingerprint density at radius 3 is 2.37 bits per heavy atom. The highest BCUT2D eigenvalue weighted by atomic mass is 19.1. The Balaban J connectivity index is 1.69. The molecule has 3 rings (SSSR count). The second kappa shape index (κ2) is 8.45. The van der Waals surface area contributed by atoms with Crippen LogP contribution in [0.15, 0.2) is 48.5 Å². The van der Waals surface area contributed by atoms with E-state index < -0.39 is 5.82 Å². The van der Waals surface area contributed by atoms with Crippen molar-refractivity contribution in [2.24, 2.45) is 0 Å². The molecule has 2 aromatic carbocycles. The van der Waals surface area contributed by atoms with Crippen LogP contribution < -0.4 is 0 Å². The van der Waals surface area contributed by atoms with E-state index in [0.29, 0.717) is 38.2 Å². The molecule has 0 aliphatic carbocycles. The zero-order valence-electron chi connectivity index (χ0n) is 14.9. The van der Waals surface area contributed by atoms with Crippen LogP contribution in [0.3, 0.4) is 0 Å². The molecule has 0 saturated carbocycles. The maximum absolute atomic E-state index is 13.9. The number of halogens is 1. The van der Waals surface area contributed by atoms with Crippen molar-refractivity contribution in [3.8, 4) is 6.07 Å². The smallest absolute Gasteiger partial charge is 0.256 e. The molecule has 1 aliphatic rings. The number of hydrogen-bond acceptors (Lipinski definition) is 3. The van der Waals surface area contributed by atoms with E-state index in [1.165, 1.54) is 12.1 Å². The van der Waals surface area contributed by atoms with Crippen molar-refractivity contribution in [2.75, 3.05) is 26.2 Å². The third-order valence-corrected chi connectivity index (χ3v) is 4.63. The number of carbonyl (C=O) groups excluding carboxylic acids is 2. The number of rotatable bonds is 3. The number of nitrogens with zero attached hydrogens (tertiary/aromatic N) is 3. The first kappa shape index (κ1) is 18.6. The van der Waals surface area contributed by atoms with Gasteiger partial charge in [-0.25, -0.2) is 4.39 Å². The molecule has 2 aromatic rings. The molecule has 27 heavy (non-hydrogen) atoms. The lowest BCUT2D eigenvalue weighted by molar-refractivity contribution is 0.0716. The van der Waals surface area contributed by atoms with Gasteiger partial charge < -0.3 is 9.80 Å². The summed E-state index contributed by atoms with van der Waals surface area (Å²) in [6.45, 7) is 1.76. The first-order valence-electron chi connectivity index (χ1n) is 8.89. The summed E-state index contributed by atoms with van der Waals surface area (Å²) in [6.07, 6.45) is 0.885. The molecule has 0 unspecified atom stereocenters. The van der Waals surface area contributed by atoms with Crippen LogP contribution in [-0.2, 0) is 6.42 Å². The summed E-state index contributed by atoms with van der Waals surface area (Å²) in [5, 5.41) is 8.82. The van der Waals surface area contributed by atoms with Crippen molar-refractivity contribution < 1.29 is 14.0 Å². The Hall–Kier alpha value is -3.20. The van der Waals surface area contributed by atoms with Gasteiger partial charge in [-0.05, 0) is 36.2 Å². The van der Waals surface area contributed by atoms with Crippen LogP contribution in [0.2, 0.25) is 0 Å². The molecule has 1 saturated heterocycles. The molecule has 0 aromatic heterocycles. The van der Waals surface area contributed by atoms with Crippen molar-refractivity contribution in [3.63, 3.8) is 0 Å². The molecule has 6 heteroatoms. The van der Waals surface area contributed by atoms with Gasteiger partial charge in [0.25, 0.3) is 11.8 Å². The predicted octanol–water partition coefficient (Wildman–Crippen LogP) is 2.88. The second-order valence-corrected chi connectivity index (χ2v) is 6.45. The molecule has 5 nitrogen and oxygen atoms in total. The summed E-state index contributed by atoms with van der Waals surface area (Å²) in [7, 11) is 0. The topological polar surface area (TPSA) is 64.4 Å². The predicted molar refractivity (Wildman–Crippen MR) is 98.6 cm³/mol. The number of hydrogen-bond donors (Lipinski definition) is 0. The van der Waals surface area contributed by atoms with Gasteiger partial charge in [0.05, 0.1) is 18.1 Å². The minimum absolute atomic E-state index is 0.0569. The van der Waals surface area contributed by atoms with E-state index in [1.807, 2.05) is 6.07 Å². The molecule has 2 amide bonds. The maximum atomic E-state index is 13.9. The maximum Gasteiger partial charge on any atom is 0.256 e. The molecule has 0 bridgehead atoms. The van der Waals surface area contributed by atoms with Crippen molar-refractivity contribution >= 4 is 11.8 Å². The molecule has 1 fully saturated rings. The van der Waals surface area contributed by atoms with E-state index in [2.05, 4.69) is 6.07 Å². The van der Waals surface area contributed by atoms with Crippen molar-refractivity contribution in [3.05, 3.63) is 71.0 Å². The van der Waals surface area contributed by atoms with Gasteiger partial charge in [-0.3, -0.25) is 9.59 Å². The van der Waals surface area contributed by atoms with E-state index in [9.17, 15) is 14.0 Å². The molecule has 0 atom stereocenters. The lowest BCUT2D eigenvalue weighted by atomic mass is 10.1. The van der Waals surface area contributed by atoms with Crippen molar-refractivity contribution in [1.82, 2.24) is 9.80 Å². The number of amides is 2. The molecular formula is C21H20FN3O2. The first-order valence-corrected chi connectivity index (χ1v) is 8.89. The summed E-state index contributed by atoms with van der Waals surface area (Å²) in [4.78, 5) is 28.7. The third-order valence-electron chi connectivity index (χ3n) is 4.63. The lowest BCUT2D eigenvalue weighted by Gasteiger charge is -2.22. The Kier molecular flexibility index (Phi) is 5.82. The van der Waals surface area contributed by atoms with E-state index in [4.69, 9.17) is 5.26 Å². The number of benzene rings is 2. The molecule has 1 aliphatic heterocycles. The van der Waals surface area contributed by atoms with Crippen LogP contribution in [0, 0.1) is 17.1 Å².